The maximum atomic E-state index is 5.80. The van der Waals surface area contributed by atoms with Crippen LogP contribution < -0.4 is 7.81 Å². The van der Waals surface area contributed by atoms with Crippen molar-refractivity contribution >= 4 is 11.3 Å². The van der Waals surface area contributed by atoms with Gasteiger partial charge in [0.15, 0.2) is 0 Å². The molecule has 0 N–H and O–H groups in total. The molecule has 0 fully saturated rings. The van der Waals surface area contributed by atoms with Crippen LogP contribution in [0.3, 0.4) is 0 Å². The van der Waals surface area contributed by atoms with Gasteiger partial charge in [-0.3, -0.25) is 0 Å². The monoisotopic (exact) mass is 344 g/mol. The fourth-order valence-electron chi connectivity index (χ4n) is 0.715. The molecule has 0 saturated heterocycles. The number of rotatable bonds is 2. The van der Waals surface area contributed by atoms with Crippen LogP contribution in [0.5, 0.6) is 5.75 Å². The molecule has 0 bridgehead atoms. The number of halogens is 1. The maximum absolute atomic E-state index is 5.80. The molecule has 0 aliphatic rings. The van der Waals surface area contributed by atoms with E-state index in [2.05, 4.69) is 0 Å². The van der Waals surface area contributed by atoms with E-state index in [1.165, 1.54) is 3.07 Å². The molecule has 0 atom stereocenters. The zero-order valence-electron chi connectivity index (χ0n) is 5.80. The normalized spacial score (nSPS) is 8.60. The molecule has 0 saturated carbocycles. The van der Waals surface area contributed by atoms with Crippen molar-refractivity contribution in [3.8, 4) is 5.75 Å². The van der Waals surface area contributed by atoms with E-state index in [0.717, 1.165) is 5.75 Å². The predicted octanol–water partition coefficient (Wildman–Crippen LogP) is 1.56. The van der Waals surface area contributed by atoms with Crippen LogP contribution in [0.15, 0.2) is 24.3 Å². The van der Waals surface area contributed by atoms with E-state index >= 15 is 0 Å². The topological polar surface area (TPSA) is 9.23 Å². The van der Waals surface area contributed by atoms with Crippen LogP contribution in [0, 0.1) is 0 Å². The van der Waals surface area contributed by atoms with E-state index in [1.54, 1.807) is 7.11 Å². The Morgan fingerprint density at radius 3 is 2.30 bits per heavy atom. The number of benzene rings is 1. The summed E-state index contributed by atoms with van der Waals surface area (Å²) in [6.07, 6.45) is 0. The first-order valence-corrected chi connectivity index (χ1v) is 12.6. The SMILES string of the molecule is COc1cc[c]([Hg][Cl])cc1. The average Bonchev–Trinajstić information content (AvgIpc) is 2.05. The third-order valence-corrected chi connectivity index (χ3v) is 7.05. The summed E-state index contributed by atoms with van der Waals surface area (Å²) in [5, 5.41) is 0. The molecule has 10 heavy (non-hydrogen) atoms. The van der Waals surface area contributed by atoms with Crippen molar-refractivity contribution in [3.63, 3.8) is 0 Å². The third-order valence-electron chi connectivity index (χ3n) is 1.31. The van der Waals surface area contributed by atoms with E-state index in [1.807, 2.05) is 24.3 Å². The van der Waals surface area contributed by atoms with Gasteiger partial charge in [-0.1, -0.05) is 0 Å². The van der Waals surface area contributed by atoms with Crippen molar-refractivity contribution in [2.24, 2.45) is 0 Å². The van der Waals surface area contributed by atoms with Gasteiger partial charge in [0.05, 0.1) is 0 Å². The van der Waals surface area contributed by atoms with Crippen molar-refractivity contribution in [2.45, 2.75) is 0 Å². The Bertz CT molecular complexity index is 174. The Hall–Kier alpha value is 0.245. The first-order chi connectivity index (χ1) is 4.86. The summed E-state index contributed by atoms with van der Waals surface area (Å²) in [6.45, 7) is 0. The Morgan fingerprint density at radius 2 is 1.90 bits per heavy atom. The van der Waals surface area contributed by atoms with Gasteiger partial charge in [0.2, 0.25) is 0 Å². The molecule has 3 heteroatoms. The summed E-state index contributed by atoms with van der Waals surface area (Å²) < 4.78 is 6.33. The Labute approximate surface area is 76.2 Å². The Morgan fingerprint density at radius 1 is 1.30 bits per heavy atom. The second kappa shape index (κ2) is 4.19. The van der Waals surface area contributed by atoms with Crippen LogP contribution in [0.1, 0.15) is 0 Å². The zero-order valence-corrected chi connectivity index (χ0v) is 12.1. The van der Waals surface area contributed by atoms with Crippen LogP contribution >= 0.6 is 8.25 Å². The molecule has 1 aromatic carbocycles. The van der Waals surface area contributed by atoms with Crippen molar-refractivity contribution in [1.29, 1.82) is 0 Å². The minimum absolute atomic E-state index is 0.905. The van der Waals surface area contributed by atoms with Gasteiger partial charge in [-0.05, 0) is 0 Å². The van der Waals surface area contributed by atoms with Crippen molar-refractivity contribution < 1.29 is 28.1 Å². The zero-order chi connectivity index (χ0) is 7.40. The van der Waals surface area contributed by atoms with Gasteiger partial charge in [0.25, 0.3) is 0 Å². The van der Waals surface area contributed by atoms with Gasteiger partial charge in [-0.15, -0.1) is 0 Å². The van der Waals surface area contributed by atoms with Gasteiger partial charge in [-0.25, -0.2) is 0 Å². The molecule has 0 unspecified atom stereocenters. The summed E-state index contributed by atoms with van der Waals surface area (Å²) in [6, 6.07) is 8.01. The van der Waals surface area contributed by atoms with Crippen LogP contribution in [0.4, 0.5) is 0 Å². The quantitative estimate of drug-likeness (QED) is 0.741. The van der Waals surface area contributed by atoms with E-state index in [9.17, 15) is 0 Å². The summed E-state index contributed by atoms with van der Waals surface area (Å²) in [5.41, 5.74) is 0. The van der Waals surface area contributed by atoms with Crippen LogP contribution in [-0.4, -0.2) is 7.11 Å². The van der Waals surface area contributed by atoms with E-state index in [4.69, 9.17) is 13.0 Å². The van der Waals surface area contributed by atoms with Gasteiger partial charge in [0, 0.05) is 0 Å². The van der Waals surface area contributed by atoms with Gasteiger partial charge in [0.1, 0.15) is 0 Å². The molecule has 1 rings (SSSR count). The molecule has 0 heterocycles. The Balaban J connectivity index is 2.80. The second-order valence-electron chi connectivity index (χ2n) is 1.98. The first kappa shape index (κ1) is 8.34. The summed E-state index contributed by atoms with van der Waals surface area (Å²) >= 11 is -1.16. The number of ether oxygens (including phenoxy) is 1. The Kier molecular flexibility index (Phi) is 3.50. The van der Waals surface area contributed by atoms with Crippen LogP contribution in [0.25, 0.3) is 0 Å². The number of methoxy groups -OCH3 is 1. The van der Waals surface area contributed by atoms with Crippen molar-refractivity contribution in [2.75, 3.05) is 7.11 Å². The van der Waals surface area contributed by atoms with Crippen LogP contribution in [0.2, 0.25) is 0 Å². The molecular weight excluding hydrogens is 336 g/mol. The standard InChI is InChI=1S/C7H7O.ClH.Hg/c1-8-7-5-3-2-4-6-7;;/h3-6H,1H3;1H;/q;;+1/p-1. The molecule has 0 spiro atoms. The molecule has 0 aliphatic carbocycles. The fraction of sp³-hybridized carbons (Fsp3) is 0.143. The molecule has 1 aromatic rings. The van der Waals surface area contributed by atoms with E-state index < -0.39 is 23.3 Å². The van der Waals surface area contributed by atoms with E-state index in [-0.39, 0.29) is 0 Å². The van der Waals surface area contributed by atoms with Crippen molar-refractivity contribution in [1.82, 2.24) is 0 Å². The van der Waals surface area contributed by atoms with Gasteiger partial charge >= 0.3 is 76.5 Å². The summed E-state index contributed by atoms with van der Waals surface area (Å²) in [4.78, 5) is 0. The summed E-state index contributed by atoms with van der Waals surface area (Å²) in [5.74, 6) is 0.905. The van der Waals surface area contributed by atoms with E-state index in [0.29, 0.717) is 0 Å². The molecule has 0 amide bonds. The summed E-state index contributed by atoms with van der Waals surface area (Å²) in [7, 11) is 7.47. The second-order valence-corrected chi connectivity index (χ2v) is 8.54. The molecule has 50 valence electrons. The minimum atomic E-state index is -1.16. The molecule has 0 aliphatic heterocycles. The molecule has 0 radical (unpaired) electrons. The third kappa shape index (κ3) is 2.13. The predicted molar refractivity (Wildman–Crippen MR) is 38.5 cm³/mol. The number of hydrogen-bond acceptors (Lipinski definition) is 1. The van der Waals surface area contributed by atoms with Gasteiger partial charge < -0.3 is 0 Å². The first-order valence-electron chi connectivity index (χ1n) is 3.05. The fourth-order valence-corrected chi connectivity index (χ4v) is 3.89. The van der Waals surface area contributed by atoms with Gasteiger partial charge in [-0.2, -0.15) is 0 Å². The average molecular weight is 343 g/mol. The molecule has 0 aromatic heterocycles. The van der Waals surface area contributed by atoms with Crippen molar-refractivity contribution in [3.05, 3.63) is 24.3 Å². The molecular formula is C7H7ClHgO. The number of hydrogen-bond donors (Lipinski definition) is 0. The van der Waals surface area contributed by atoms with Crippen LogP contribution in [-0.2, 0) is 23.3 Å². The molecule has 1 nitrogen and oxygen atoms in total.